The van der Waals surface area contributed by atoms with Gasteiger partial charge in [-0.1, -0.05) is 18.2 Å². The van der Waals surface area contributed by atoms with Gasteiger partial charge in [-0.2, -0.15) is 0 Å². The van der Waals surface area contributed by atoms with Gasteiger partial charge in [0.1, 0.15) is 10.4 Å². The number of piperidine rings is 1. The van der Waals surface area contributed by atoms with Gasteiger partial charge in [-0.05, 0) is 64.0 Å². The van der Waals surface area contributed by atoms with Crippen LogP contribution in [0.5, 0.6) is 0 Å². The van der Waals surface area contributed by atoms with E-state index in [0.29, 0.717) is 4.90 Å². The summed E-state index contributed by atoms with van der Waals surface area (Å²) < 4.78 is 17.6. The minimum atomic E-state index is -1.06. The van der Waals surface area contributed by atoms with E-state index in [4.69, 9.17) is 4.98 Å². The van der Waals surface area contributed by atoms with Crippen LogP contribution in [0.4, 0.5) is 5.95 Å². The molecule has 4 heterocycles. The van der Waals surface area contributed by atoms with E-state index in [9.17, 15) is 9.35 Å². The van der Waals surface area contributed by atoms with E-state index in [1.165, 1.54) is 24.6 Å². The minimum absolute atomic E-state index is 0.0400. The molecule has 8 nitrogen and oxygen atoms in total. The van der Waals surface area contributed by atoms with Gasteiger partial charge in [0.05, 0.1) is 17.1 Å². The lowest BCUT2D eigenvalue weighted by Crippen LogP contribution is -2.53. The maximum absolute atomic E-state index is 13.2. The minimum Gasteiger partial charge on any atom is -0.598 e. The van der Waals surface area contributed by atoms with Crippen molar-refractivity contribution in [3.63, 3.8) is 0 Å². The van der Waals surface area contributed by atoms with Crippen molar-refractivity contribution in [2.24, 2.45) is 12.5 Å². The molecule has 10 heteroatoms. The van der Waals surface area contributed by atoms with Gasteiger partial charge in [-0.15, -0.1) is 4.72 Å². The fourth-order valence-electron chi connectivity index (χ4n) is 5.40. The number of nitrogens with one attached hydrogen (secondary N) is 2. The quantitative estimate of drug-likeness (QED) is 0.496. The molecule has 1 saturated heterocycles. The summed E-state index contributed by atoms with van der Waals surface area (Å²) in [6.45, 7) is 7.75. The van der Waals surface area contributed by atoms with Crippen molar-refractivity contribution in [2.75, 3.05) is 18.0 Å². The Morgan fingerprint density at radius 3 is 2.71 bits per heavy atom. The van der Waals surface area contributed by atoms with Gasteiger partial charge in [-0.25, -0.2) is 9.97 Å². The van der Waals surface area contributed by atoms with Crippen LogP contribution < -0.4 is 15.2 Å². The molecule has 188 valence electrons. The summed E-state index contributed by atoms with van der Waals surface area (Å²) in [5, 5.41) is 0.997. The van der Waals surface area contributed by atoms with E-state index >= 15 is 0 Å². The Bertz CT molecular complexity index is 1260. The molecule has 2 fully saturated rings. The Morgan fingerprint density at radius 2 is 1.97 bits per heavy atom. The van der Waals surface area contributed by atoms with E-state index in [0.717, 1.165) is 54.2 Å². The fourth-order valence-corrected chi connectivity index (χ4v) is 7.35. The zero-order chi connectivity index (χ0) is 24.8. The number of fused-ring (bicyclic) bond motifs is 1. The lowest BCUT2D eigenvalue weighted by molar-refractivity contribution is 0.185. The van der Waals surface area contributed by atoms with Crippen molar-refractivity contribution in [1.29, 1.82) is 0 Å². The molecular formula is C25H34N6O2S2. The monoisotopic (exact) mass is 514 g/mol. The molecule has 0 radical (unpaired) electrons. The van der Waals surface area contributed by atoms with Crippen molar-refractivity contribution in [1.82, 2.24) is 24.2 Å². The van der Waals surface area contributed by atoms with E-state index in [2.05, 4.69) is 19.6 Å². The third kappa shape index (κ3) is 4.73. The molecule has 0 unspecified atom stereocenters. The molecule has 2 aliphatic rings. The van der Waals surface area contributed by atoms with Crippen LogP contribution in [-0.4, -0.2) is 48.0 Å². The molecule has 35 heavy (non-hydrogen) atoms. The van der Waals surface area contributed by atoms with Crippen LogP contribution in [0.2, 0.25) is 0 Å². The zero-order valence-electron chi connectivity index (χ0n) is 20.8. The molecule has 0 amide bonds. The maximum atomic E-state index is 13.2. The highest BCUT2D eigenvalue weighted by Crippen LogP contribution is 2.47. The molecule has 1 aliphatic heterocycles. The van der Waals surface area contributed by atoms with Gasteiger partial charge >= 0.3 is 0 Å². The van der Waals surface area contributed by atoms with Gasteiger partial charge < -0.3 is 14.4 Å². The van der Waals surface area contributed by atoms with Crippen LogP contribution in [0.1, 0.15) is 52.9 Å². The lowest BCUT2D eigenvalue weighted by Gasteiger charge is -2.44. The van der Waals surface area contributed by atoms with Gasteiger partial charge in [0.25, 0.3) is 5.56 Å². The number of nitrogens with zero attached hydrogens (tertiary/aromatic N) is 4. The first kappa shape index (κ1) is 24.7. The molecule has 2 atom stereocenters. The molecule has 1 spiro atoms. The van der Waals surface area contributed by atoms with Crippen molar-refractivity contribution in [3.8, 4) is 0 Å². The number of pyridine rings is 1. The van der Waals surface area contributed by atoms with Gasteiger partial charge in [0, 0.05) is 54.2 Å². The fraction of sp³-hybridized carbons (Fsp3) is 0.560. The first-order valence-corrected chi connectivity index (χ1v) is 14.2. The summed E-state index contributed by atoms with van der Waals surface area (Å²) in [7, 11) is 1.81. The van der Waals surface area contributed by atoms with E-state index in [-0.39, 0.29) is 21.8 Å². The highest BCUT2D eigenvalue weighted by molar-refractivity contribution is 7.99. The van der Waals surface area contributed by atoms with E-state index in [1.54, 1.807) is 17.0 Å². The number of hydrogen-bond acceptors (Lipinski definition) is 7. The van der Waals surface area contributed by atoms with E-state index in [1.807, 2.05) is 46.1 Å². The number of aromatic nitrogens is 4. The standard InChI is InChI=1S/C25H34N6O2S2/c1-24(2,3)35(33)29-20-6-5-9-25(20)10-14-31(15-11-25)23-28-16-19(22(32)30(23)4)34-18-8-13-27-21-17(18)7-12-26-21/h7-8,12-13,16,20,29H,5-6,9-11,14-15H2,1-4H3,(H,26,27)/t20-,35-/m1/s1. The molecule has 5 rings (SSSR count). The third-order valence-corrected chi connectivity index (χ3v) is 10.2. The predicted octanol–water partition coefficient (Wildman–Crippen LogP) is 4.00. The van der Waals surface area contributed by atoms with Crippen molar-refractivity contribution >= 4 is 40.1 Å². The van der Waals surface area contributed by atoms with Crippen LogP contribution in [0, 0.1) is 5.41 Å². The average molecular weight is 515 g/mol. The van der Waals surface area contributed by atoms with Crippen LogP contribution in [0.25, 0.3) is 11.0 Å². The van der Waals surface area contributed by atoms with Gasteiger partial charge in [0.2, 0.25) is 5.95 Å². The smallest absolute Gasteiger partial charge is 0.268 e. The Hall–Kier alpha value is -2.01. The second-order valence-electron chi connectivity index (χ2n) is 10.7. The number of anilines is 1. The van der Waals surface area contributed by atoms with Gasteiger partial charge in [-0.3, -0.25) is 9.36 Å². The first-order chi connectivity index (χ1) is 16.7. The first-order valence-electron chi connectivity index (χ1n) is 12.3. The van der Waals surface area contributed by atoms with Crippen molar-refractivity contribution in [3.05, 3.63) is 41.1 Å². The van der Waals surface area contributed by atoms with Gasteiger partial charge in [0.15, 0.2) is 0 Å². The molecule has 1 aliphatic carbocycles. The molecule has 0 bridgehead atoms. The molecule has 2 N–H and O–H groups in total. The van der Waals surface area contributed by atoms with Crippen LogP contribution >= 0.6 is 11.8 Å². The van der Waals surface area contributed by atoms with Crippen LogP contribution in [0.15, 0.2) is 45.3 Å². The Morgan fingerprint density at radius 1 is 1.20 bits per heavy atom. The summed E-state index contributed by atoms with van der Waals surface area (Å²) in [4.78, 5) is 29.2. The highest BCUT2D eigenvalue weighted by atomic mass is 32.2. The van der Waals surface area contributed by atoms with Crippen LogP contribution in [0.3, 0.4) is 0 Å². The number of rotatable bonds is 5. The topological polar surface area (TPSA) is 102 Å². The lowest BCUT2D eigenvalue weighted by atomic mass is 9.74. The van der Waals surface area contributed by atoms with Crippen molar-refractivity contribution in [2.45, 2.75) is 73.5 Å². The normalized spacial score (nSPS) is 21.2. The highest BCUT2D eigenvalue weighted by Gasteiger charge is 2.48. The summed E-state index contributed by atoms with van der Waals surface area (Å²) in [5.74, 6) is 0.719. The second kappa shape index (κ2) is 9.46. The summed E-state index contributed by atoms with van der Waals surface area (Å²) in [6, 6.07) is 4.19. The maximum Gasteiger partial charge on any atom is 0.268 e. The Kier molecular flexibility index (Phi) is 6.67. The molecule has 3 aromatic rings. The Labute approximate surface area is 213 Å². The molecule has 3 aromatic heterocycles. The molecular weight excluding hydrogens is 480 g/mol. The Balaban J connectivity index is 1.30. The second-order valence-corrected chi connectivity index (χ2v) is 13.8. The van der Waals surface area contributed by atoms with Crippen LogP contribution in [-0.2, 0) is 18.4 Å². The molecule has 1 saturated carbocycles. The number of hydrogen-bond donors (Lipinski definition) is 2. The van der Waals surface area contributed by atoms with E-state index < -0.39 is 11.4 Å². The zero-order valence-corrected chi connectivity index (χ0v) is 22.5. The largest absolute Gasteiger partial charge is 0.598 e. The summed E-state index contributed by atoms with van der Waals surface area (Å²) in [6.07, 6.45) is 10.8. The number of H-pyrrole nitrogens is 1. The predicted molar refractivity (Wildman–Crippen MR) is 142 cm³/mol. The third-order valence-electron chi connectivity index (χ3n) is 7.51. The number of aromatic amines is 1. The molecule has 0 aromatic carbocycles. The summed E-state index contributed by atoms with van der Waals surface area (Å²) in [5.41, 5.74) is 0.946. The van der Waals surface area contributed by atoms with Crippen molar-refractivity contribution < 1.29 is 4.55 Å². The average Bonchev–Trinajstić information content (AvgIpc) is 3.45. The SMILES string of the molecule is Cn1c(N2CCC3(CCC[C@H]3N[S@+]([O-])C(C)(C)C)CC2)ncc(Sc2ccnc3[nH]ccc23)c1=O. The summed E-state index contributed by atoms with van der Waals surface area (Å²) >= 11 is 0.368.